The molecule has 0 heterocycles. The van der Waals surface area contributed by atoms with Crippen LogP contribution in [-0.4, -0.2) is 20.7 Å². The van der Waals surface area contributed by atoms with Gasteiger partial charge in [-0.1, -0.05) is 61.2 Å². The van der Waals surface area contributed by atoms with Crippen molar-refractivity contribution < 1.29 is 17.6 Å². The fraction of sp³-hybridized carbons (Fsp3) is 0.350. The summed E-state index contributed by atoms with van der Waals surface area (Å²) in [6.07, 6.45) is 4.62. The number of hydrogen-bond acceptors (Lipinski definition) is 3. The average Bonchev–Trinajstić information content (AvgIpc) is 2.69. The van der Waals surface area contributed by atoms with Gasteiger partial charge in [0.25, 0.3) is 0 Å². The Morgan fingerprint density at radius 3 is 2.41 bits per heavy atom. The second kappa shape index (κ2) is 8.50. The predicted octanol–water partition coefficient (Wildman–Crippen LogP) is 4.57. The van der Waals surface area contributed by atoms with Crippen molar-refractivity contribution in [3.8, 4) is 11.1 Å². The molecule has 3 rings (SSSR count). The van der Waals surface area contributed by atoms with Crippen LogP contribution in [0.2, 0.25) is 5.02 Å². The minimum absolute atomic E-state index is 0.120. The predicted molar refractivity (Wildman–Crippen MR) is 104 cm³/mol. The first-order valence-electron chi connectivity index (χ1n) is 8.95. The standard InChI is InChI=1S/C20H21ClFNO3S/c21-17-11-16(14-7-3-1-4-8-14)12-19(20(17)22)27(25,26)23-13-18(24)15-9-5-2-6-10-15/h1,3-4,7-8,11-12,15,23H,2,5-6,9-10,13H2. The van der Waals surface area contributed by atoms with E-state index in [0.29, 0.717) is 11.1 Å². The lowest BCUT2D eigenvalue weighted by Crippen LogP contribution is -2.34. The molecule has 7 heteroatoms. The Morgan fingerprint density at radius 1 is 1.07 bits per heavy atom. The van der Waals surface area contributed by atoms with E-state index in [2.05, 4.69) is 4.72 Å². The number of sulfonamides is 1. The number of hydrogen-bond donors (Lipinski definition) is 1. The first kappa shape index (κ1) is 20.0. The Hall–Kier alpha value is -1.76. The van der Waals surface area contributed by atoms with E-state index in [-0.39, 0.29) is 23.3 Å². The molecule has 144 valence electrons. The summed E-state index contributed by atoms with van der Waals surface area (Å²) in [6, 6.07) is 11.6. The van der Waals surface area contributed by atoms with Crippen molar-refractivity contribution in [2.45, 2.75) is 37.0 Å². The van der Waals surface area contributed by atoms with Crippen LogP contribution in [0.5, 0.6) is 0 Å². The number of ketones is 1. The van der Waals surface area contributed by atoms with Crippen LogP contribution in [0.3, 0.4) is 0 Å². The molecule has 0 bridgehead atoms. The zero-order valence-corrected chi connectivity index (χ0v) is 16.3. The number of Topliss-reactive ketones (excluding diaryl/α,β-unsaturated/α-hetero) is 1. The van der Waals surface area contributed by atoms with E-state index in [1.807, 2.05) is 6.07 Å². The van der Waals surface area contributed by atoms with Gasteiger partial charge in [0.15, 0.2) is 11.6 Å². The van der Waals surface area contributed by atoms with Crippen molar-refractivity contribution >= 4 is 27.4 Å². The highest BCUT2D eigenvalue weighted by molar-refractivity contribution is 7.89. The first-order chi connectivity index (χ1) is 12.9. The van der Waals surface area contributed by atoms with E-state index in [9.17, 15) is 17.6 Å². The van der Waals surface area contributed by atoms with Gasteiger partial charge in [0.1, 0.15) is 4.90 Å². The maximum atomic E-state index is 14.4. The van der Waals surface area contributed by atoms with Crippen LogP contribution in [0, 0.1) is 11.7 Å². The number of benzene rings is 2. The fourth-order valence-electron chi connectivity index (χ4n) is 3.37. The van der Waals surface area contributed by atoms with Crippen molar-refractivity contribution in [3.63, 3.8) is 0 Å². The monoisotopic (exact) mass is 409 g/mol. The van der Waals surface area contributed by atoms with E-state index < -0.39 is 20.7 Å². The third-order valence-electron chi connectivity index (χ3n) is 4.89. The molecule has 0 unspecified atom stereocenters. The Bertz CT molecular complexity index is 926. The van der Waals surface area contributed by atoms with Crippen LogP contribution < -0.4 is 4.72 Å². The average molecular weight is 410 g/mol. The lowest BCUT2D eigenvalue weighted by atomic mass is 9.86. The van der Waals surface area contributed by atoms with Crippen LogP contribution >= 0.6 is 11.6 Å². The highest BCUT2D eigenvalue weighted by Gasteiger charge is 2.26. The minimum atomic E-state index is -4.21. The molecule has 0 atom stereocenters. The summed E-state index contributed by atoms with van der Waals surface area (Å²) in [5, 5.41) is -0.282. The van der Waals surface area contributed by atoms with Gasteiger partial charge < -0.3 is 0 Å². The molecule has 0 saturated heterocycles. The smallest absolute Gasteiger partial charge is 0.243 e. The van der Waals surface area contributed by atoms with Gasteiger partial charge in [-0.15, -0.1) is 0 Å². The molecule has 27 heavy (non-hydrogen) atoms. The number of halogens is 2. The first-order valence-corrected chi connectivity index (χ1v) is 10.8. The third-order valence-corrected chi connectivity index (χ3v) is 6.56. The SMILES string of the molecule is O=C(CNS(=O)(=O)c1cc(-c2ccccc2)cc(Cl)c1F)C1CCCCC1. The third kappa shape index (κ3) is 4.75. The molecule has 2 aromatic carbocycles. The van der Waals surface area contributed by atoms with Crippen molar-refractivity contribution in [1.82, 2.24) is 4.72 Å². The molecule has 0 amide bonds. The van der Waals surface area contributed by atoms with Crippen LogP contribution in [0.4, 0.5) is 4.39 Å². The molecular formula is C20H21ClFNO3S. The van der Waals surface area contributed by atoms with Gasteiger partial charge in [-0.2, -0.15) is 0 Å². The molecule has 1 fully saturated rings. The van der Waals surface area contributed by atoms with Crippen LogP contribution in [0.25, 0.3) is 11.1 Å². The zero-order chi connectivity index (χ0) is 19.4. The lowest BCUT2D eigenvalue weighted by Gasteiger charge is -2.20. The summed E-state index contributed by atoms with van der Waals surface area (Å²) in [5.74, 6) is -1.29. The summed E-state index contributed by atoms with van der Waals surface area (Å²) in [5.41, 5.74) is 1.20. The Labute approximate surface area is 163 Å². The summed E-state index contributed by atoms with van der Waals surface area (Å²) < 4.78 is 41.9. The second-order valence-electron chi connectivity index (χ2n) is 6.76. The minimum Gasteiger partial charge on any atom is -0.298 e. The Balaban J connectivity index is 1.83. The van der Waals surface area contributed by atoms with Gasteiger partial charge in [0, 0.05) is 5.92 Å². The van der Waals surface area contributed by atoms with Crippen LogP contribution in [0.15, 0.2) is 47.4 Å². The van der Waals surface area contributed by atoms with Crippen molar-refractivity contribution in [2.24, 2.45) is 5.92 Å². The maximum absolute atomic E-state index is 14.4. The molecule has 1 aliphatic rings. The fourth-order valence-corrected chi connectivity index (χ4v) is 4.76. The Morgan fingerprint density at radius 2 is 1.74 bits per heavy atom. The molecule has 0 aliphatic heterocycles. The molecular weight excluding hydrogens is 389 g/mol. The van der Waals surface area contributed by atoms with Gasteiger partial charge in [-0.25, -0.2) is 17.5 Å². The normalized spacial score (nSPS) is 15.6. The van der Waals surface area contributed by atoms with E-state index >= 15 is 0 Å². The van der Waals surface area contributed by atoms with E-state index in [4.69, 9.17) is 11.6 Å². The van der Waals surface area contributed by atoms with Crippen molar-refractivity contribution in [3.05, 3.63) is 53.3 Å². The van der Waals surface area contributed by atoms with Gasteiger partial charge in [0.05, 0.1) is 11.6 Å². The number of rotatable bonds is 6. The summed E-state index contributed by atoms with van der Waals surface area (Å²) in [4.78, 5) is 11.7. The highest BCUT2D eigenvalue weighted by Crippen LogP contribution is 2.30. The largest absolute Gasteiger partial charge is 0.298 e. The van der Waals surface area contributed by atoms with Crippen LogP contribution in [-0.2, 0) is 14.8 Å². The quantitative estimate of drug-likeness (QED) is 0.759. The molecule has 1 N–H and O–H groups in total. The summed E-state index contributed by atoms with van der Waals surface area (Å²) in [6.45, 7) is -0.334. The molecule has 2 aromatic rings. The molecule has 1 aliphatic carbocycles. The van der Waals surface area contributed by atoms with Gasteiger partial charge in [0.2, 0.25) is 10.0 Å². The highest BCUT2D eigenvalue weighted by atomic mass is 35.5. The molecule has 0 radical (unpaired) electrons. The second-order valence-corrected chi connectivity index (χ2v) is 8.90. The van der Waals surface area contributed by atoms with Gasteiger partial charge in [-0.3, -0.25) is 4.79 Å². The van der Waals surface area contributed by atoms with Crippen molar-refractivity contribution in [1.29, 1.82) is 0 Å². The topological polar surface area (TPSA) is 63.2 Å². The Kier molecular flexibility index (Phi) is 6.29. The molecule has 0 aromatic heterocycles. The number of carbonyl (C=O) groups excluding carboxylic acids is 1. The van der Waals surface area contributed by atoms with Crippen molar-refractivity contribution in [2.75, 3.05) is 6.54 Å². The van der Waals surface area contributed by atoms with E-state index in [0.717, 1.165) is 32.1 Å². The van der Waals surface area contributed by atoms with Crippen LogP contribution in [0.1, 0.15) is 32.1 Å². The van der Waals surface area contributed by atoms with Gasteiger partial charge >= 0.3 is 0 Å². The van der Waals surface area contributed by atoms with E-state index in [1.54, 1.807) is 24.3 Å². The van der Waals surface area contributed by atoms with E-state index in [1.165, 1.54) is 12.1 Å². The maximum Gasteiger partial charge on any atom is 0.243 e. The number of carbonyl (C=O) groups is 1. The van der Waals surface area contributed by atoms with Gasteiger partial charge in [-0.05, 0) is 36.1 Å². The zero-order valence-electron chi connectivity index (χ0n) is 14.8. The number of nitrogens with one attached hydrogen (secondary N) is 1. The summed E-state index contributed by atoms with van der Waals surface area (Å²) in [7, 11) is -4.21. The molecule has 4 nitrogen and oxygen atoms in total. The lowest BCUT2D eigenvalue weighted by molar-refractivity contribution is -0.122. The molecule has 0 spiro atoms. The molecule has 1 saturated carbocycles. The summed E-state index contributed by atoms with van der Waals surface area (Å²) >= 11 is 5.93.